The molecule has 1 amide bonds. The third kappa shape index (κ3) is 1.58. The summed E-state index contributed by atoms with van der Waals surface area (Å²) < 4.78 is 0. The molecule has 1 saturated heterocycles. The fourth-order valence-corrected chi connectivity index (χ4v) is 1.61. The van der Waals surface area contributed by atoms with Crippen LogP contribution in [0.15, 0.2) is 0 Å². The van der Waals surface area contributed by atoms with E-state index in [1.54, 1.807) is 0 Å². The molecule has 1 fully saturated rings. The number of carbonyl (C=O) groups excluding carboxylic acids is 1. The maximum atomic E-state index is 11.0. The van der Waals surface area contributed by atoms with Gasteiger partial charge in [-0.15, -0.1) is 0 Å². The van der Waals surface area contributed by atoms with Crippen molar-refractivity contribution in [2.75, 3.05) is 6.54 Å². The Labute approximate surface area is 89.1 Å². The fraction of sp³-hybridized carbons (Fsp3) is 0.500. The molecule has 88 valence electrons. The summed E-state index contributed by atoms with van der Waals surface area (Å²) in [4.78, 5) is 43.8. The standard InChI is InChI=1S/C8H9NO7/c10-4-1-2-8(5(11)12,6(13)14)9(3-4)7(15)16/h1-3H2,(H,11,12)(H,13,14)(H,15,16). The van der Waals surface area contributed by atoms with Crippen molar-refractivity contribution in [1.82, 2.24) is 4.90 Å². The number of carbonyl (C=O) groups is 4. The maximum absolute atomic E-state index is 11.0. The highest BCUT2D eigenvalue weighted by Crippen LogP contribution is 2.27. The smallest absolute Gasteiger partial charge is 0.409 e. The number of carboxylic acids is 2. The van der Waals surface area contributed by atoms with Crippen molar-refractivity contribution in [3.8, 4) is 0 Å². The van der Waals surface area contributed by atoms with Crippen molar-refractivity contribution in [3.05, 3.63) is 0 Å². The normalized spacial score (nSPS) is 19.2. The average molecular weight is 231 g/mol. The molecule has 1 heterocycles. The molecule has 1 aliphatic rings. The Hall–Kier alpha value is -2.12. The molecular formula is C8H9NO7. The van der Waals surface area contributed by atoms with Gasteiger partial charge in [0.2, 0.25) is 5.54 Å². The number of rotatable bonds is 2. The highest BCUT2D eigenvalue weighted by atomic mass is 16.4. The van der Waals surface area contributed by atoms with Crippen LogP contribution in [0.3, 0.4) is 0 Å². The molecule has 8 heteroatoms. The number of hydrogen-bond donors (Lipinski definition) is 3. The monoisotopic (exact) mass is 231 g/mol. The summed E-state index contributed by atoms with van der Waals surface area (Å²) in [5.74, 6) is -4.06. The van der Waals surface area contributed by atoms with Crippen molar-refractivity contribution in [2.45, 2.75) is 18.4 Å². The van der Waals surface area contributed by atoms with Gasteiger partial charge >= 0.3 is 18.0 Å². The molecule has 8 nitrogen and oxygen atoms in total. The summed E-state index contributed by atoms with van der Waals surface area (Å²) in [5, 5.41) is 26.5. The Morgan fingerprint density at radius 2 is 1.62 bits per heavy atom. The van der Waals surface area contributed by atoms with Gasteiger partial charge in [-0.25, -0.2) is 14.4 Å². The van der Waals surface area contributed by atoms with Gasteiger partial charge in [-0.05, 0) is 6.42 Å². The number of carboxylic acid groups (broad SMARTS) is 3. The number of hydrogen-bond acceptors (Lipinski definition) is 4. The number of nitrogens with zero attached hydrogens (tertiary/aromatic N) is 1. The molecule has 0 bridgehead atoms. The quantitative estimate of drug-likeness (QED) is 0.532. The molecule has 0 aromatic heterocycles. The van der Waals surface area contributed by atoms with Gasteiger partial charge in [0.25, 0.3) is 0 Å². The largest absolute Gasteiger partial charge is 0.479 e. The van der Waals surface area contributed by atoms with Crippen LogP contribution < -0.4 is 0 Å². The average Bonchev–Trinajstić information content (AvgIpc) is 2.16. The van der Waals surface area contributed by atoms with Crippen molar-refractivity contribution in [1.29, 1.82) is 0 Å². The van der Waals surface area contributed by atoms with E-state index in [0.717, 1.165) is 0 Å². The van der Waals surface area contributed by atoms with E-state index < -0.39 is 42.3 Å². The van der Waals surface area contributed by atoms with Crippen LogP contribution in [0.5, 0.6) is 0 Å². The van der Waals surface area contributed by atoms with Crippen LogP contribution in [-0.2, 0) is 14.4 Å². The maximum Gasteiger partial charge on any atom is 0.409 e. The third-order valence-corrected chi connectivity index (χ3v) is 2.50. The molecule has 0 saturated carbocycles. The molecular weight excluding hydrogens is 222 g/mol. The molecule has 0 aromatic carbocycles. The van der Waals surface area contributed by atoms with Crippen LogP contribution in [-0.4, -0.2) is 56.1 Å². The summed E-state index contributed by atoms with van der Waals surface area (Å²) in [7, 11) is 0. The lowest BCUT2D eigenvalue weighted by Gasteiger charge is -2.37. The summed E-state index contributed by atoms with van der Waals surface area (Å²) >= 11 is 0. The minimum Gasteiger partial charge on any atom is -0.479 e. The SMILES string of the molecule is O=C1CCC(C(=O)O)(C(=O)O)N(C(=O)O)C1. The highest BCUT2D eigenvalue weighted by molar-refractivity contribution is 6.07. The summed E-state index contributed by atoms with van der Waals surface area (Å²) in [6.07, 6.45) is -2.55. The molecule has 0 spiro atoms. The Morgan fingerprint density at radius 3 is 2.00 bits per heavy atom. The molecule has 0 aromatic rings. The first-order chi connectivity index (χ1) is 7.32. The van der Waals surface area contributed by atoms with Crippen LogP contribution in [0, 0.1) is 0 Å². The van der Waals surface area contributed by atoms with E-state index >= 15 is 0 Å². The first kappa shape index (κ1) is 12.0. The van der Waals surface area contributed by atoms with Gasteiger partial charge in [-0.3, -0.25) is 9.69 Å². The van der Waals surface area contributed by atoms with Crippen LogP contribution in [0.4, 0.5) is 4.79 Å². The van der Waals surface area contributed by atoms with E-state index in [4.69, 9.17) is 15.3 Å². The van der Waals surface area contributed by atoms with Crippen molar-refractivity contribution in [2.24, 2.45) is 0 Å². The van der Waals surface area contributed by atoms with Gasteiger partial charge < -0.3 is 15.3 Å². The van der Waals surface area contributed by atoms with E-state index in [1.807, 2.05) is 0 Å². The van der Waals surface area contributed by atoms with E-state index in [-0.39, 0.29) is 11.3 Å². The van der Waals surface area contributed by atoms with Crippen LogP contribution in [0.1, 0.15) is 12.8 Å². The van der Waals surface area contributed by atoms with Crippen LogP contribution in [0.2, 0.25) is 0 Å². The van der Waals surface area contributed by atoms with Gasteiger partial charge in [-0.1, -0.05) is 0 Å². The zero-order chi connectivity index (χ0) is 12.5. The Morgan fingerprint density at radius 1 is 1.12 bits per heavy atom. The van der Waals surface area contributed by atoms with Gasteiger partial charge in [0.15, 0.2) is 5.78 Å². The number of likely N-dealkylation sites (tertiary alicyclic amines) is 1. The van der Waals surface area contributed by atoms with E-state index in [2.05, 4.69) is 0 Å². The van der Waals surface area contributed by atoms with E-state index in [0.29, 0.717) is 0 Å². The first-order valence-corrected chi connectivity index (χ1v) is 4.31. The number of piperidine rings is 1. The lowest BCUT2D eigenvalue weighted by Crippen LogP contribution is -2.65. The molecule has 1 aliphatic heterocycles. The Kier molecular flexibility index (Phi) is 2.84. The summed E-state index contributed by atoms with van der Waals surface area (Å²) in [6, 6.07) is 0. The Bertz CT molecular complexity index is 361. The zero-order valence-electron chi connectivity index (χ0n) is 8.04. The number of Topliss-reactive ketones (excluding diaryl/α,β-unsaturated/α-hetero) is 1. The second kappa shape index (κ2) is 3.80. The fourth-order valence-electron chi connectivity index (χ4n) is 1.61. The Balaban J connectivity index is 3.24. The number of aliphatic carboxylic acids is 2. The topological polar surface area (TPSA) is 132 Å². The zero-order valence-corrected chi connectivity index (χ0v) is 8.04. The molecule has 0 radical (unpaired) electrons. The van der Waals surface area contributed by atoms with Crippen molar-refractivity contribution < 1.29 is 34.5 Å². The van der Waals surface area contributed by atoms with E-state index in [9.17, 15) is 19.2 Å². The van der Waals surface area contributed by atoms with Gasteiger partial charge in [0.05, 0.1) is 6.54 Å². The summed E-state index contributed by atoms with van der Waals surface area (Å²) in [6.45, 7) is -0.714. The number of amides is 1. The molecule has 3 N–H and O–H groups in total. The third-order valence-electron chi connectivity index (χ3n) is 2.50. The molecule has 0 unspecified atom stereocenters. The molecule has 0 atom stereocenters. The molecule has 1 rings (SSSR count). The van der Waals surface area contributed by atoms with Crippen molar-refractivity contribution in [3.63, 3.8) is 0 Å². The first-order valence-electron chi connectivity index (χ1n) is 4.31. The minimum absolute atomic E-state index is 0.156. The van der Waals surface area contributed by atoms with Gasteiger partial charge in [0.1, 0.15) is 0 Å². The van der Waals surface area contributed by atoms with Gasteiger partial charge in [0, 0.05) is 6.42 Å². The van der Waals surface area contributed by atoms with Crippen LogP contribution >= 0.6 is 0 Å². The lowest BCUT2D eigenvalue weighted by molar-refractivity contribution is -0.169. The second-order valence-corrected chi connectivity index (χ2v) is 3.38. The van der Waals surface area contributed by atoms with Gasteiger partial charge in [-0.2, -0.15) is 0 Å². The van der Waals surface area contributed by atoms with Crippen molar-refractivity contribution >= 4 is 23.8 Å². The predicted octanol–water partition coefficient (Wildman–Crippen LogP) is -0.763. The lowest BCUT2D eigenvalue weighted by atomic mass is 9.86. The predicted molar refractivity (Wildman–Crippen MR) is 47.0 cm³/mol. The molecule has 0 aliphatic carbocycles. The molecule has 16 heavy (non-hydrogen) atoms. The highest BCUT2D eigenvalue weighted by Gasteiger charge is 2.56. The number of ketones is 1. The van der Waals surface area contributed by atoms with Crippen LogP contribution in [0.25, 0.3) is 0 Å². The minimum atomic E-state index is -2.56. The second-order valence-electron chi connectivity index (χ2n) is 3.38. The van der Waals surface area contributed by atoms with E-state index in [1.165, 1.54) is 0 Å². The summed E-state index contributed by atoms with van der Waals surface area (Å²) in [5.41, 5.74) is -2.56.